The standard InChI is InChI=1S/C14H16F2N2S/c1-9(2)13-8-17-14(19)18(13)4-3-10-5-11(15)7-12(16)6-10/h5-9H,3-4H2,1-2H3,(H,17,19). The first-order valence-corrected chi connectivity index (χ1v) is 6.61. The molecule has 0 radical (unpaired) electrons. The molecule has 102 valence electrons. The van der Waals surface area contributed by atoms with Crippen molar-refractivity contribution in [1.29, 1.82) is 0 Å². The summed E-state index contributed by atoms with van der Waals surface area (Å²) >= 11 is 5.22. The van der Waals surface area contributed by atoms with Crippen LogP contribution in [0, 0.1) is 16.4 Å². The number of aromatic amines is 1. The predicted molar refractivity (Wildman–Crippen MR) is 73.8 cm³/mol. The summed E-state index contributed by atoms with van der Waals surface area (Å²) in [6.45, 7) is 4.77. The molecule has 1 N–H and O–H groups in total. The van der Waals surface area contributed by atoms with Crippen molar-refractivity contribution < 1.29 is 8.78 Å². The van der Waals surface area contributed by atoms with Crippen molar-refractivity contribution in [2.24, 2.45) is 0 Å². The van der Waals surface area contributed by atoms with Gasteiger partial charge in [-0.05, 0) is 42.3 Å². The molecule has 2 aromatic rings. The second-order valence-electron chi connectivity index (χ2n) is 4.85. The summed E-state index contributed by atoms with van der Waals surface area (Å²) in [7, 11) is 0. The topological polar surface area (TPSA) is 20.7 Å². The van der Waals surface area contributed by atoms with Crippen LogP contribution in [0.3, 0.4) is 0 Å². The molecule has 19 heavy (non-hydrogen) atoms. The van der Waals surface area contributed by atoms with Gasteiger partial charge in [-0.3, -0.25) is 0 Å². The van der Waals surface area contributed by atoms with Gasteiger partial charge in [-0.1, -0.05) is 13.8 Å². The molecule has 0 fully saturated rings. The molecule has 1 heterocycles. The Morgan fingerprint density at radius 3 is 2.42 bits per heavy atom. The van der Waals surface area contributed by atoms with Crippen LogP contribution in [-0.2, 0) is 13.0 Å². The number of H-pyrrole nitrogens is 1. The van der Waals surface area contributed by atoms with E-state index in [1.54, 1.807) is 0 Å². The second-order valence-corrected chi connectivity index (χ2v) is 5.24. The Bertz CT molecular complexity index is 608. The third kappa shape index (κ3) is 3.29. The van der Waals surface area contributed by atoms with E-state index < -0.39 is 11.6 Å². The molecule has 0 aliphatic rings. The molecule has 0 saturated carbocycles. The maximum atomic E-state index is 13.1. The summed E-state index contributed by atoms with van der Waals surface area (Å²) in [5, 5.41) is 0. The molecule has 0 saturated heterocycles. The second kappa shape index (κ2) is 5.65. The van der Waals surface area contributed by atoms with Crippen molar-refractivity contribution in [3.63, 3.8) is 0 Å². The molecule has 1 aromatic heterocycles. The van der Waals surface area contributed by atoms with E-state index in [1.807, 2.05) is 10.8 Å². The van der Waals surface area contributed by atoms with Gasteiger partial charge >= 0.3 is 0 Å². The number of halogens is 2. The molecule has 2 rings (SSSR count). The molecule has 0 aliphatic heterocycles. The molecule has 0 spiro atoms. The van der Waals surface area contributed by atoms with Crippen molar-refractivity contribution >= 4 is 12.2 Å². The summed E-state index contributed by atoms with van der Waals surface area (Å²) in [6.07, 6.45) is 2.43. The number of nitrogens with zero attached hydrogens (tertiary/aromatic N) is 1. The molecule has 0 atom stereocenters. The Balaban J connectivity index is 2.19. The first-order valence-electron chi connectivity index (χ1n) is 6.20. The van der Waals surface area contributed by atoms with Gasteiger partial charge in [-0.25, -0.2) is 8.78 Å². The first-order chi connectivity index (χ1) is 8.97. The molecule has 0 aliphatic carbocycles. The average molecular weight is 282 g/mol. The zero-order valence-corrected chi connectivity index (χ0v) is 11.7. The monoisotopic (exact) mass is 282 g/mol. The molecule has 5 heteroatoms. The van der Waals surface area contributed by atoms with E-state index in [0.717, 1.165) is 11.8 Å². The number of hydrogen-bond donors (Lipinski definition) is 1. The number of hydrogen-bond acceptors (Lipinski definition) is 1. The fourth-order valence-corrected chi connectivity index (χ4v) is 2.37. The van der Waals surface area contributed by atoms with Crippen LogP contribution in [-0.4, -0.2) is 9.55 Å². The first kappa shape index (κ1) is 13.9. The minimum atomic E-state index is -0.545. The van der Waals surface area contributed by atoms with Crippen LogP contribution in [0.4, 0.5) is 8.78 Å². The van der Waals surface area contributed by atoms with Crippen molar-refractivity contribution in [2.75, 3.05) is 0 Å². The van der Waals surface area contributed by atoms with Gasteiger partial charge in [0.2, 0.25) is 0 Å². The Kier molecular flexibility index (Phi) is 4.14. The van der Waals surface area contributed by atoms with Gasteiger partial charge < -0.3 is 9.55 Å². The van der Waals surface area contributed by atoms with Gasteiger partial charge in [0.05, 0.1) is 0 Å². The van der Waals surface area contributed by atoms with Crippen LogP contribution in [0.5, 0.6) is 0 Å². The number of benzene rings is 1. The molecular formula is C14H16F2N2S. The maximum absolute atomic E-state index is 13.1. The van der Waals surface area contributed by atoms with Gasteiger partial charge in [0.1, 0.15) is 11.6 Å². The summed E-state index contributed by atoms with van der Waals surface area (Å²) in [5.41, 5.74) is 1.73. The normalized spacial score (nSPS) is 11.2. The van der Waals surface area contributed by atoms with Crippen LogP contribution < -0.4 is 0 Å². The van der Waals surface area contributed by atoms with Crippen LogP contribution in [0.2, 0.25) is 0 Å². The lowest BCUT2D eigenvalue weighted by Gasteiger charge is -2.11. The largest absolute Gasteiger partial charge is 0.337 e. The average Bonchev–Trinajstić information content (AvgIpc) is 2.67. The zero-order valence-electron chi connectivity index (χ0n) is 10.9. The maximum Gasteiger partial charge on any atom is 0.177 e. The summed E-state index contributed by atoms with van der Waals surface area (Å²) < 4.78 is 28.8. The van der Waals surface area contributed by atoms with Gasteiger partial charge in [0.25, 0.3) is 0 Å². The van der Waals surface area contributed by atoms with E-state index in [4.69, 9.17) is 12.2 Å². The number of aryl methyl sites for hydroxylation is 1. The van der Waals surface area contributed by atoms with E-state index >= 15 is 0 Å². The highest BCUT2D eigenvalue weighted by Gasteiger charge is 2.08. The van der Waals surface area contributed by atoms with Crippen LogP contribution in [0.15, 0.2) is 24.4 Å². The summed E-state index contributed by atoms with van der Waals surface area (Å²) in [5.74, 6) is -0.745. The number of rotatable bonds is 4. The summed E-state index contributed by atoms with van der Waals surface area (Å²) in [6, 6.07) is 3.59. The third-order valence-corrected chi connectivity index (χ3v) is 3.38. The van der Waals surface area contributed by atoms with Crippen molar-refractivity contribution in [3.8, 4) is 0 Å². The number of aromatic nitrogens is 2. The fraction of sp³-hybridized carbons (Fsp3) is 0.357. The highest BCUT2D eigenvalue weighted by atomic mass is 32.1. The molecular weight excluding hydrogens is 266 g/mol. The molecule has 0 unspecified atom stereocenters. The SMILES string of the molecule is CC(C)c1c[nH]c(=S)n1CCc1cc(F)cc(F)c1. The molecule has 0 amide bonds. The Hall–Kier alpha value is -1.49. The van der Waals surface area contributed by atoms with Gasteiger partial charge in [-0.2, -0.15) is 0 Å². The van der Waals surface area contributed by atoms with E-state index in [-0.39, 0.29) is 0 Å². The number of imidazole rings is 1. The highest BCUT2D eigenvalue weighted by Crippen LogP contribution is 2.16. The van der Waals surface area contributed by atoms with E-state index in [2.05, 4.69) is 18.8 Å². The predicted octanol–water partition coefficient (Wildman–Crippen LogP) is 4.19. The van der Waals surface area contributed by atoms with E-state index in [9.17, 15) is 8.78 Å². The Morgan fingerprint density at radius 2 is 1.84 bits per heavy atom. The lowest BCUT2D eigenvalue weighted by atomic mass is 10.1. The van der Waals surface area contributed by atoms with Crippen LogP contribution in [0.1, 0.15) is 31.0 Å². The van der Waals surface area contributed by atoms with E-state index in [0.29, 0.717) is 29.2 Å². The molecule has 2 nitrogen and oxygen atoms in total. The lowest BCUT2D eigenvalue weighted by molar-refractivity contribution is 0.573. The Morgan fingerprint density at radius 1 is 1.21 bits per heavy atom. The van der Waals surface area contributed by atoms with Crippen LogP contribution in [0.25, 0.3) is 0 Å². The highest BCUT2D eigenvalue weighted by molar-refractivity contribution is 7.71. The zero-order chi connectivity index (χ0) is 14.0. The molecule has 0 bridgehead atoms. The van der Waals surface area contributed by atoms with Crippen molar-refractivity contribution in [2.45, 2.75) is 32.7 Å². The van der Waals surface area contributed by atoms with Crippen molar-refractivity contribution in [3.05, 3.63) is 52.1 Å². The summed E-state index contributed by atoms with van der Waals surface area (Å²) in [4.78, 5) is 3.01. The van der Waals surface area contributed by atoms with Crippen molar-refractivity contribution in [1.82, 2.24) is 9.55 Å². The smallest absolute Gasteiger partial charge is 0.177 e. The third-order valence-electron chi connectivity index (χ3n) is 3.04. The molecule has 1 aromatic carbocycles. The van der Waals surface area contributed by atoms with Gasteiger partial charge in [-0.15, -0.1) is 0 Å². The lowest BCUT2D eigenvalue weighted by Crippen LogP contribution is -2.07. The number of nitrogens with one attached hydrogen (secondary N) is 1. The quantitative estimate of drug-likeness (QED) is 0.834. The fourth-order valence-electron chi connectivity index (χ4n) is 2.11. The minimum Gasteiger partial charge on any atom is -0.337 e. The van der Waals surface area contributed by atoms with Gasteiger partial charge in [0, 0.05) is 24.5 Å². The van der Waals surface area contributed by atoms with Crippen LogP contribution >= 0.6 is 12.2 Å². The van der Waals surface area contributed by atoms with E-state index in [1.165, 1.54) is 12.1 Å². The van der Waals surface area contributed by atoms with Gasteiger partial charge in [0.15, 0.2) is 4.77 Å². The minimum absolute atomic E-state index is 0.345. The Labute approximate surface area is 116 Å².